The Balaban J connectivity index is 1.65. The highest BCUT2D eigenvalue weighted by molar-refractivity contribution is 7.11. The molecule has 1 heterocycles. The number of benzene rings is 1. The second-order valence-electron chi connectivity index (χ2n) is 5.35. The van der Waals surface area contributed by atoms with Crippen LogP contribution in [0.25, 0.3) is 0 Å². The van der Waals surface area contributed by atoms with Crippen molar-refractivity contribution in [2.75, 3.05) is 0 Å². The molecule has 100 valence electrons. The minimum Gasteiger partial charge on any atom is -0.304 e. The van der Waals surface area contributed by atoms with E-state index in [1.807, 2.05) is 6.20 Å². The predicted molar refractivity (Wildman–Crippen MR) is 80.6 cm³/mol. The molecule has 0 saturated heterocycles. The number of hydrogen-bond donors (Lipinski definition) is 1. The highest BCUT2D eigenvalue weighted by atomic mass is 32.1. The van der Waals surface area contributed by atoms with Crippen molar-refractivity contribution in [3.8, 4) is 0 Å². The molecule has 3 heteroatoms. The normalized spacial score (nSPS) is 15.5. The highest BCUT2D eigenvalue weighted by Crippen LogP contribution is 2.25. The predicted octanol–water partition coefficient (Wildman–Crippen LogP) is 3.79. The number of aromatic nitrogens is 1. The Hall–Kier alpha value is -1.19. The highest BCUT2D eigenvalue weighted by Gasteiger charge is 2.13. The van der Waals surface area contributed by atoms with E-state index in [4.69, 9.17) is 0 Å². The molecule has 1 aromatic carbocycles. The van der Waals surface area contributed by atoms with Gasteiger partial charge in [0.05, 0.1) is 0 Å². The number of rotatable bonds is 4. The fourth-order valence-electron chi connectivity index (χ4n) is 2.70. The third-order valence-corrected chi connectivity index (χ3v) is 4.76. The summed E-state index contributed by atoms with van der Waals surface area (Å²) in [5.41, 5.74) is 4.50. The monoisotopic (exact) mass is 272 g/mol. The minimum atomic E-state index is 0.384. The van der Waals surface area contributed by atoms with Crippen molar-refractivity contribution >= 4 is 11.3 Å². The molecule has 1 aliphatic carbocycles. The lowest BCUT2D eigenvalue weighted by molar-refractivity contribution is 0.573. The third-order valence-electron chi connectivity index (χ3n) is 3.85. The molecule has 0 spiro atoms. The molecule has 0 amide bonds. The smallest absolute Gasteiger partial charge is 0.107 e. The van der Waals surface area contributed by atoms with Crippen molar-refractivity contribution in [3.05, 3.63) is 51.0 Å². The SMILES string of the molecule is Cc1cnc(CNC(C)c2ccc3c(c2)CCC3)s1. The summed E-state index contributed by atoms with van der Waals surface area (Å²) in [5, 5.41) is 4.74. The maximum atomic E-state index is 4.40. The zero-order chi connectivity index (χ0) is 13.2. The van der Waals surface area contributed by atoms with Crippen molar-refractivity contribution in [3.63, 3.8) is 0 Å². The van der Waals surface area contributed by atoms with Crippen LogP contribution in [0, 0.1) is 6.92 Å². The maximum Gasteiger partial charge on any atom is 0.107 e. The summed E-state index contributed by atoms with van der Waals surface area (Å²) in [7, 11) is 0. The summed E-state index contributed by atoms with van der Waals surface area (Å²) < 4.78 is 0. The van der Waals surface area contributed by atoms with Gasteiger partial charge in [-0.05, 0) is 49.8 Å². The number of fused-ring (bicyclic) bond motifs is 1. The number of nitrogens with zero attached hydrogens (tertiary/aromatic N) is 1. The van der Waals surface area contributed by atoms with Crippen LogP contribution in [0.3, 0.4) is 0 Å². The van der Waals surface area contributed by atoms with Crippen LogP contribution in [0.2, 0.25) is 0 Å². The van der Waals surface area contributed by atoms with Crippen molar-refractivity contribution in [2.24, 2.45) is 0 Å². The molecule has 0 fully saturated rings. The average molecular weight is 272 g/mol. The number of nitrogens with one attached hydrogen (secondary N) is 1. The van der Waals surface area contributed by atoms with Crippen LogP contribution in [0.15, 0.2) is 24.4 Å². The molecule has 0 saturated carbocycles. The van der Waals surface area contributed by atoms with E-state index in [1.165, 1.54) is 34.7 Å². The van der Waals surface area contributed by atoms with Crippen LogP contribution in [0.5, 0.6) is 0 Å². The molecule has 1 N–H and O–H groups in total. The molecule has 19 heavy (non-hydrogen) atoms. The van der Waals surface area contributed by atoms with Gasteiger partial charge in [-0.25, -0.2) is 4.98 Å². The standard InChI is InChI=1S/C16H20N2S/c1-11-9-18-16(19-11)10-17-12(2)14-7-6-13-4-3-5-15(13)8-14/h6-9,12,17H,3-5,10H2,1-2H3. The van der Waals surface area contributed by atoms with Crippen LogP contribution in [0.1, 0.15) is 46.0 Å². The number of thiazole rings is 1. The molecular formula is C16H20N2S. The third kappa shape index (κ3) is 2.88. The molecule has 0 bridgehead atoms. The summed E-state index contributed by atoms with van der Waals surface area (Å²) in [6.45, 7) is 5.19. The summed E-state index contributed by atoms with van der Waals surface area (Å²) in [5.74, 6) is 0. The number of aryl methyl sites for hydroxylation is 3. The molecule has 1 unspecified atom stereocenters. The van der Waals surface area contributed by atoms with Gasteiger partial charge in [0.1, 0.15) is 5.01 Å². The first kappa shape index (κ1) is 12.8. The molecule has 2 nitrogen and oxygen atoms in total. The Morgan fingerprint density at radius 3 is 2.95 bits per heavy atom. The van der Waals surface area contributed by atoms with E-state index in [0.717, 1.165) is 6.54 Å². The Morgan fingerprint density at radius 1 is 1.32 bits per heavy atom. The van der Waals surface area contributed by atoms with Gasteiger partial charge in [-0.15, -0.1) is 11.3 Å². The molecule has 1 atom stereocenters. The van der Waals surface area contributed by atoms with E-state index in [1.54, 1.807) is 22.5 Å². The van der Waals surface area contributed by atoms with Gasteiger partial charge in [-0.2, -0.15) is 0 Å². The van der Waals surface area contributed by atoms with E-state index < -0.39 is 0 Å². The van der Waals surface area contributed by atoms with Gasteiger partial charge in [0.2, 0.25) is 0 Å². The molecular weight excluding hydrogens is 252 g/mol. The zero-order valence-electron chi connectivity index (χ0n) is 11.6. The Morgan fingerprint density at radius 2 is 2.16 bits per heavy atom. The lowest BCUT2D eigenvalue weighted by atomic mass is 10.0. The fraction of sp³-hybridized carbons (Fsp3) is 0.438. The van der Waals surface area contributed by atoms with E-state index in [9.17, 15) is 0 Å². The summed E-state index contributed by atoms with van der Waals surface area (Å²) in [6.07, 6.45) is 5.78. The molecule has 2 aromatic rings. The van der Waals surface area contributed by atoms with Crippen LogP contribution >= 0.6 is 11.3 Å². The van der Waals surface area contributed by atoms with Crippen LogP contribution < -0.4 is 5.32 Å². The van der Waals surface area contributed by atoms with Crippen molar-refractivity contribution in [2.45, 2.75) is 45.7 Å². The molecule has 0 radical (unpaired) electrons. The first-order valence-corrected chi connectivity index (χ1v) is 7.80. The zero-order valence-corrected chi connectivity index (χ0v) is 12.4. The Bertz CT molecular complexity index is 574. The lowest BCUT2D eigenvalue weighted by Gasteiger charge is -2.14. The van der Waals surface area contributed by atoms with Crippen LogP contribution in [-0.4, -0.2) is 4.98 Å². The minimum absolute atomic E-state index is 0.384. The lowest BCUT2D eigenvalue weighted by Crippen LogP contribution is -2.18. The van der Waals surface area contributed by atoms with Gasteiger partial charge in [0.25, 0.3) is 0 Å². The van der Waals surface area contributed by atoms with Crippen molar-refractivity contribution in [1.29, 1.82) is 0 Å². The molecule has 0 aliphatic heterocycles. The fourth-order valence-corrected chi connectivity index (χ4v) is 3.44. The Kier molecular flexibility index (Phi) is 3.67. The van der Waals surface area contributed by atoms with E-state index >= 15 is 0 Å². The van der Waals surface area contributed by atoms with Gasteiger partial charge in [0, 0.05) is 23.7 Å². The quantitative estimate of drug-likeness (QED) is 0.916. The van der Waals surface area contributed by atoms with Crippen molar-refractivity contribution < 1.29 is 0 Å². The maximum absolute atomic E-state index is 4.40. The van der Waals surface area contributed by atoms with Gasteiger partial charge in [-0.3, -0.25) is 0 Å². The summed E-state index contributed by atoms with van der Waals surface area (Å²) in [6, 6.07) is 7.35. The van der Waals surface area contributed by atoms with E-state index in [0.29, 0.717) is 6.04 Å². The Labute approximate surface area is 118 Å². The van der Waals surface area contributed by atoms with Crippen LogP contribution in [0.4, 0.5) is 0 Å². The molecule has 1 aliphatic rings. The van der Waals surface area contributed by atoms with Gasteiger partial charge >= 0.3 is 0 Å². The summed E-state index contributed by atoms with van der Waals surface area (Å²) >= 11 is 1.77. The second-order valence-corrected chi connectivity index (χ2v) is 6.67. The van der Waals surface area contributed by atoms with Gasteiger partial charge < -0.3 is 5.32 Å². The first-order valence-electron chi connectivity index (χ1n) is 6.99. The topological polar surface area (TPSA) is 24.9 Å². The van der Waals surface area contributed by atoms with E-state index in [-0.39, 0.29) is 0 Å². The molecule has 1 aromatic heterocycles. The van der Waals surface area contributed by atoms with Crippen molar-refractivity contribution in [1.82, 2.24) is 10.3 Å². The largest absolute Gasteiger partial charge is 0.304 e. The number of hydrogen-bond acceptors (Lipinski definition) is 3. The van der Waals surface area contributed by atoms with Crippen LogP contribution in [-0.2, 0) is 19.4 Å². The average Bonchev–Trinajstić information content (AvgIpc) is 3.03. The second kappa shape index (κ2) is 5.43. The summed E-state index contributed by atoms with van der Waals surface area (Å²) in [4.78, 5) is 5.67. The molecule has 3 rings (SSSR count). The van der Waals surface area contributed by atoms with Gasteiger partial charge in [0.15, 0.2) is 0 Å². The van der Waals surface area contributed by atoms with Gasteiger partial charge in [-0.1, -0.05) is 18.2 Å². The first-order chi connectivity index (χ1) is 9.22. The van der Waals surface area contributed by atoms with E-state index in [2.05, 4.69) is 42.3 Å².